The maximum absolute atomic E-state index is 12.5. The zero-order valence-corrected chi connectivity index (χ0v) is 13.5. The lowest BCUT2D eigenvalue weighted by Gasteiger charge is -2.10. The van der Waals surface area contributed by atoms with Gasteiger partial charge in [0.25, 0.3) is 0 Å². The van der Waals surface area contributed by atoms with Crippen LogP contribution in [0, 0.1) is 0 Å². The largest absolute Gasteiger partial charge is 0.416 e. The molecule has 6 nitrogen and oxygen atoms in total. The highest BCUT2D eigenvalue weighted by atomic mass is 19.4. The first-order valence-corrected chi connectivity index (χ1v) is 7.32. The SMILES string of the molecule is CC(=O)Nc1cccc(NC(=O)C(=O)Nc2ccc(C(F)(F)F)cc2)c1. The molecule has 26 heavy (non-hydrogen) atoms. The third kappa shape index (κ3) is 5.33. The van der Waals surface area contributed by atoms with E-state index in [4.69, 9.17) is 0 Å². The summed E-state index contributed by atoms with van der Waals surface area (Å²) in [5.74, 6) is -2.35. The molecule has 0 aliphatic heterocycles. The second kappa shape index (κ2) is 7.68. The third-order valence-corrected chi connectivity index (χ3v) is 3.12. The molecule has 0 fully saturated rings. The average Bonchev–Trinajstić information content (AvgIpc) is 2.54. The Morgan fingerprint density at radius 2 is 1.27 bits per heavy atom. The van der Waals surface area contributed by atoms with Crippen LogP contribution < -0.4 is 16.0 Å². The Kier molecular flexibility index (Phi) is 5.61. The lowest BCUT2D eigenvalue weighted by atomic mass is 10.2. The van der Waals surface area contributed by atoms with Gasteiger partial charge in [-0.05, 0) is 42.5 Å². The van der Waals surface area contributed by atoms with Crippen LogP contribution in [0.25, 0.3) is 0 Å². The Morgan fingerprint density at radius 3 is 1.77 bits per heavy atom. The van der Waals surface area contributed by atoms with E-state index in [1.165, 1.54) is 19.1 Å². The quantitative estimate of drug-likeness (QED) is 0.730. The minimum atomic E-state index is -4.49. The van der Waals surface area contributed by atoms with E-state index in [1.54, 1.807) is 12.1 Å². The Balaban J connectivity index is 1.99. The normalized spacial score (nSPS) is 10.8. The molecule has 2 rings (SSSR count). The fraction of sp³-hybridized carbons (Fsp3) is 0.118. The van der Waals surface area contributed by atoms with Crippen LogP contribution in [0.3, 0.4) is 0 Å². The Morgan fingerprint density at radius 1 is 0.769 bits per heavy atom. The van der Waals surface area contributed by atoms with Crippen LogP contribution in [0.1, 0.15) is 12.5 Å². The molecule has 0 heterocycles. The van der Waals surface area contributed by atoms with Gasteiger partial charge in [0.15, 0.2) is 0 Å². The van der Waals surface area contributed by atoms with Crippen LogP contribution in [0.15, 0.2) is 48.5 Å². The van der Waals surface area contributed by atoms with Gasteiger partial charge in [0.05, 0.1) is 5.56 Å². The van der Waals surface area contributed by atoms with E-state index in [-0.39, 0.29) is 17.3 Å². The lowest BCUT2D eigenvalue weighted by Crippen LogP contribution is -2.29. The molecule has 136 valence electrons. The summed E-state index contributed by atoms with van der Waals surface area (Å²) in [6.07, 6.45) is -4.49. The first-order valence-electron chi connectivity index (χ1n) is 7.32. The highest BCUT2D eigenvalue weighted by molar-refractivity contribution is 6.43. The maximum Gasteiger partial charge on any atom is 0.416 e. The number of alkyl halides is 3. The average molecular weight is 365 g/mol. The van der Waals surface area contributed by atoms with Crippen molar-refractivity contribution in [3.05, 3.63) is 54.1 Å². The monoisotopic (exact) mass is 365 g/mol. The number of carbonyl (C=O) groups is 3. The molecule has 0 spiro atoms. The Hall–Kier alpha value is -3.36. The van der Waals surface area contributed by atoms with Gasteiger partial charge in [0, 0.05) is 24.0 Å². The molecule has 0 aliphatic rings. The van der Waals surface area contributed by atoms with E-state index in [9.17, 15) is 27.6 Å². The highest BCUT2D eigenvalue weighted by Gasteiger charge is 2.30. The molecule has 3 amide bonds. The predicted octanol–water partition coefficient (Wildman–Crippen LogP) is 3.24. The lowest BCUT2D eigenvalue weighted by molar-refractivity contribution is -0.137. The van der Waals surface area contributed by atoms with E-state index >= 15 is 0 Å². The van der Waals surface area contributed by atoms with Gasteiger partial charge in [0.2, 0.25) is 5.91 Å². The zero-order valence-electron chi connectivity index (χ0n) is 13.5. The number of hydrogen-bond donors (Lipinski definition) is 3. The van der Waals surface area contributed by atoms with Gasteiger partial charge >= 0.3 is 18.0 Å². The van der Waals surface area contributed by atoms with Crippen molar-refractivity contribution in [1.29, 1.82) is 0 Å². The second-order valence-corrected chi connectivity index (χ2v) is 5.25. The van der Waals surface area contributed by atoms with Gasteiger partial charge in [-0.1, -0.05) is 6.07 Å². The predicted molar refractivity (Wildman–Crippen MR) is 89.4 cm³/mol. The molecule has 0 aliphatic carbocycles. The minimum Gasteiger partial charge on any atom is -0.326 e. The van der Waals surface area contributed by atoms with Crippen LogP contribution in [0.5, 0.6) is 0 Å². The molecular weight excluding hydrogens is 351 g/mol. The molecule has 0 atom stereocenters. The van der Waals surface area contributed by atoms with Gasteiger partial charge in [0.1, 0.15) is 0 Å². The van der Waals surface area contributed by atoms with Crippen molar-refractivity contribution in [2.75, 3.05) is 16.0 Å². The van der Waals surface area contributed by atoms with E-state index in [2.05, 4.69) is 16.0 Å². The number of amides is 3. The fourth-order valence-corrected chi connectivity index (χ4v) is 2.00. The number of carbonyl (C=O) groups excluding carboxylic acids is 3. The molecular formula is C17H14F3N3O3. The molecule has 0 saturated heterocycles. The van der Waals surface area contributed by atoms with Crippen molar-refractivity contribution in [2.24, 2.45) is 0 Å². The van der Waals surface area contributed by atoms with Gasteiger partial charge in [-0.2, -0.15) is 13.2 Å². The first-order chi connectivity index (χ1) is 12.1. The minimum absolute atomic E-state index is 0.0464. The van der Waals surface area contributed by atoms with Gasteiger partial charge in [-0.25, -0.2) is 0 Å². The summed E-state index contributed by atoms with van der Waals surface area (Å²) in [5.41, 5.74) is -0.123. The smallest absolute Gasteiger partial charge is 0.326 e. The molecule has 0 radical (unpaired) electrons. The summed E-state index contributed by atoms with van der Waals surface area (Å²) in [6.45, 7) is 1.32. The molecule has 3 N–H and O–H groups in total. The van der Waals surface area contributed by atoms with Gasteiger partial charge in [-0.15, -0.1) is 0 Å². The van der Waals surface area contributed by atoms with Crippen molar-refractivity contribution < 1.29 is 27.6 Å². The van der Waals surface area contributed by atoms with Crippen LogP contribution in [-0.2, 0) is 20.6 Å². The molecule has 0 bridgehead atoms. The van der Waals surface area contributed by atoms with Crippen molar-refractivity contribution >= 4 is 34.8 Å². The summed E-state index contributed by atoms with van der Waals surface area (Å²) < 4.78 is 37.5. The van der Waals surface area contributed by atoms with Gasteiger partial charge in [-0.3, -0.25) is 14.4 Å². The fourth-order valence-electron chi connectivity index (χ4n) is 2.00. The molecule has 0 unspecified atom stereocenters. The molecule has 0 aromatic heterocycles. The summed E-state index contributed by atoms with van der Waals surface area (Å²) in [6, 6.07) is 9.80. The standard InChI is InChI=1S/C17H14F3N3O3/c1-10(24)21-13-3-2-4-14(9-13)23-16(26)15(25)22-12-7-5-11(6-8-12)17(18,19)20/h2-9H,1H3,(H,21,24)(H,22,25)(H,23,26). The number of anilines is 3. The van der Waals surface area contributed by atoms with E-state index in [0.29, 0.717) is 5.69 Å². The third-order valence-electron chi connectivity index (χ3n) is 3.12. The molecule has 0 saturated carbocycles. The molecule has 9 heteroatoms. The summed E-state index contributed by atoms with van der Waals surface area (Å²) in [4.78, 5) is 34.7. The van der Waals surface area contributed by atoms with Crippen molar-refractivity contribution in [3.63, 3.8) is 0 Å². The second-order valence-electron chi connectivity index (χ2n) is 5.25. The van der Waals surface area contributed by atoms with E-state index < -0.39 is 23.6 Å². The van der Waals surface area contributed by atoms with Crippen LogP contribution in [-0.4, -0.2) is 17.7 Å². The first kappa shape index (κ1) is 19.0. The van der Waals surface area contributed by atoms with Crippen molar-refractivity contribution in [1.82, 2.24) is 0 Å². The molecule has 2 aromatic carbocycles. The summed E-state index contributed by atoms with van der Waals surface area (Å²) in [7, 11) is 0. The number of nitrogens with one attached hydrogen (secondary N) is 3. The Bertz CT molecular complexity index is 833. The number of benzene rings is 2. The maximum atomic E-state index is 12.5. The number of hydrogen-bond acceptors (Lipinski definition) is 3. The van der Waals surface area contributed by atoms with E-state index in [0.717, 1.165) is 24.3 Å². The van der Waals surface area contributed by atoms with Crippen LogP contribution >= 0.6 is 0 Å². The van der Waals surface area contributed by atoms with Crippen LogP contribution in [0.4, 0.5) is 30.2 Å². The highest BCUT2D eigenvalue weighted by Crippen LogP contribution is 2.29. The summed E-state index contributed by atoms with van der Waals surface area (Å²) in [5, 5.41) is 7.05. The topological polar surface area (TPSA) is 87.3 Å². The van der Waals surface area contributed by atoms with E-state index in [1.807, 2.05) is 0 Å². The van der Waals surface area contributed by atoms with Crippen LogP contribution in [0.2, 0.25) is 0 Å². The zero-order chi connectivity index (χ0) is 19.3. The summed E-state index contributed by atoms with van der Waals surface area (Å²) >= 11 is 0. The van der Waals surface area contributed by atoms with Crippen molar-refractivity contribution in [2.45, 2.75) is 13.1 Å². The Labute approximate surface area is 146 Å². The number of rotatable bonds is 3. The molecule has 2 aromatic rings. The number of halogens is 3. The van der Waals surface area contributed by atoms with Gasteiger partial charge < -0.3 is 16.0 Å². The van der Waals surface area contributed by atoms with Crippen molar-refractivity contribution in [3.8, 4) is 0 Å².